The predicted octanol–water partition coefficient (Wildman–Crippen LogP) is 3.42. The summed E-state index contributed by atoms with van der Waals surface area (Å²) in [6, 6.07) is 13.3. The first-order valence-corrected chi connectivity index (χ1v) is 6.17. The first-order valence-electron chi connectivity index (χ1n) is 5.38. The number of aliphatic hydroxyl groups excluding tert-OH is 1. The maximum Gasteiger partial charge on any atom is 0.107 e. The molecular weight excluding hydrogens is 278 g/mol. The van der Waals surface area contributed by atoms with Gasteiger partial charge in [0, 0.05) is 15.7 Å². The van der Waals surface area contributed by atoms with Crippen LogP contribution < -0.4 is 5.73 Å². The minimum absolute atomic E-state index is 0.619. The Morgan fingerprint density at radius 3 is 2.47 bits per heavy atom. The number of aliphatic hydroxyl groups is 1. The van der Waals surface area contributed by atoms with Gasteiger partial charge in [-0.2, -0.15) is 0 Å². The molecule has 3 N–H and O–H groups in total. The standard InChI is InChI=1S/C14H14BrNO/c1-9-6-7-11(13(16)8-9)14(17)10-4-2-3-5-12(10)15/h2-8,14,17H,16H2,1H3. The normalized spacial score (nSPS) is 12.4. The largest absolute Gasteiger partial charge is 0.398 e. The van der Waals surface area contributed by atoms with Gasteiger partial charge in [-0.3, -0.25) is 0 Å². The van der Waals surface area contributed by atoms with E-state index in [1.165, 1.54) is 0 Å². The number of rotatable bonds is 2. The molecule has 0 aromatic heterocycles. The van der Waals surface area contributed by atoms with Crippen molar-refractivity contribution >= 4 is 21.6 Å². The topological polar surface area (TPSA) is 46.2 Å². The van der Waals surface area contributed by atoms with Crippen molar-refractivity contribution in [2.45, 2.75) is 13.0 Å². The molecule has 0 aliphatic heterocycles. The van der Waals surface area contributed by atoms with E-state index in [9.17, 15) is 5.11 Å². The summed E-state index contributed by atoms with van der Waals surface area (Å²) in [7, 11) is 0. The van der Waals surface area contributed by atoms with Crippen molar-refractivity contribution in [1.29, 1.82) is 0 Å². The van der Waals surface area contributed by atoms with E-state index in [2.05, 4.69) is 15.9 Å². The molecule has 0 saturated heterocycles. The lowest BCUT2D eigenvalue weighted by atomic mass is 9.99. The molecule has 0 amide bonds. The fourth-order valence-corrected chi connectivity index (χ4v) is 2.31. The monoisotopic (exact) mass is 291 g/mol. The van der Waals surface area contributed by atoms with Crippen LogP contribution in [-0.2, 0) is 0 Å². The lowest BCUT2D eigenvalue weighted by molar-refractivity contribution is 0.220. The van der Waals surface area contributed by atoms with Crippen LogP contribution in [0.15, 0.2) is 46.9 Å². The molecule has 2 rings (SSSR count). The van der Waals surface area contributed by atoms with Gasteiger partial charge in [-0.1, -0.05) is 46.3 Å². The highest BCUT2D eigenvalue weighted by Gasteiger charge is 2.15. The Labute approximate surface area is 109 Å². The number of nitrogens with two attached hydrogens (primary N) is 1. The molecule has 0 bridgehead atoms. The molecule has 0 radical (unpaired) electrons. The Hall–Kier alpha value is -1.32. The van der Waals surface area contributed by atoms with E-state index in [0.717, 1.165) is 21.2 Å². The van der Waals surface area contributed by atoms with Crippen LogP contribution in [0.25, 0.3) is 0 Å². The van der Waals surface area contributed by atoms with Crippen LogP contribution in [0.1, 0.15) is 22.8 Å². The molecule has 0 spiro atoms. The van der Waals surface area contributed by atoms with Gasteiger partial charge in [0.2, 0.25) is 0 Å². The SMILES string of the molecule is Cc1ccc(C(O)c2ccccc2Br)c(N)c1. The molecule has 17 heavy (non-hydrogen) atoms. The van der Waals surface area contributed by atoms with Crippen LogP contribution in [0, 0.1) is 6.92 Å². The predicted molar refractivity (Wildman–Crippen MR) is 73.8 cm³/mol. The van der Waals surface area contributed by atoms with Gasteiger partial charge >= 0.3 is 0 Å². The molecule has 2 aromatic rings. The number of halogens is 1. The summed E-state index contributed by atoms with van der Waals surface area (Å²) in [5, 5.41) is 10.3. The highest BCUT2D eigenvalue weighted by Crippen LogP contribution is 2.31. The average molecular weight is 292 g/mol. The van der Waals surface area contributed by atoms with E-state index in [1.54, 1.807) is 0 Å². The van der Waals surface area contributed by atoms with Crippen LogP contribution in [0.4, 0.5) is 5.69 Å². The van der Waals surface area contributed by atoms with Crippen molar-refractivity contribution in [2.75, 3.05) is 5.73 Å². The second-order valence-corrected chi connectivity index (χ2v) is 4.91. The van der Waals surface area contributed by atoms with Gasteiger partial charge in [-0.05, 0) is 30.2 Å². The van der Waals surface area contributed by atoms with Crippen molar-refractivity contribution in [3.05, 3.63) is 63.6 Å². The number of benzene rings is 2. The molecule has 2 nitrogen and oxygen atoms in total. The zero-order valence-electron chi connectivity index (χ0n) is 9.52. The zero-order chi connectivity index (χ0) is 12.4. The minimum atomic E-state index is -0.703. The molecule has 0 aliphatic rings. The van der Waals surface area contributed by atoms with Crippen LogP contribution in [0.3, 0.4) is 0 Å². The lowest BCUT2D eigenvalue weighted by Crippen LogP contribution is -2.04. The average Bonchev–Trinajstić information content (AvgIpc) is 2.29. The van der Waals surface area contributed by atoms with Crippen LogP contribution in [-0.4, -0.2) is 5.11 Å². The van der Waals surface area contributed by atoms with Gasteiger partial charge in [0.15, 0.2) is 0 Å². The first-order chi connectivity index (χ1) is 8.09. The molecule has 0 saturated carbocycles. The Balaban J connectivity index is 2.44. The second kappa shape index (κ2) is 4.90. The highest BCUT2D eigenvalue weighted by molar-refractivity contribution is 9.10. The molecule has 0 aliphatic carbocycles. The summed E-state index contributed by atoms with van der Waals surface area (Å²) in [4.78, 5) is 0. The first kappa shape index (κ1) is 12.1. The number of nitrogen functional groups attached to an aromatic ring is 1. The molecule has 88 valence electrons. The van der Waals surface area contributed by atoms with Gasteiger partial charge in [0.05, 0.1) is 0 Å². The van der Waals surface area contributed by atoms with Gasteiger partial charge in [-0.15, -0.1) is 0 Å². The Kier molecular flexibility index (Phi) is 3.50. The fraction of sp³-hybridized carbons (Fsp3) is 0.143. The molecule has 1 atom stereocenters. The summed E-state index contributed by atoms with van der Waals surface area (Å²) in [5.41, 5.74) is 9.20. The zero-order valence-corrected chi connectivity index (χ0v) is 11.1. The van der Waals surface area contributed by atoms with Gasteiger partial charge < -0.3 is 10.8 Å². The number of hydrogen-bond donors (Lipinski definition) is 2. The van der Waals surface area contributed by atoms with E-state index in [-0.39, 0.29) is 0 Å². The van der Waals surface area contributed by atoms with E-state index in [1.807, 2.05) is 49.4 Å². The van der Waals surface area contributed by atoms with E-state index in [4.69, 9.17) is 5.73 Å². The van der Waals surface area contributed by atoms with E-state index < -0.39 is 6.10 Å². The summed E-state index contributed by atoms with van der Waals surface area (Å²) >= 11 is 3.43. The van der Waals surface area contributed by atoms with Gasteiger partial charge in [-0.25, -0.2) is 0 Å². The van der Waals surface area contributed by atoms with Gasteiger partial charge in [0.25, 0.3) is 0 Å². The summed E-state index contributed by atoms with van der Waals surface area (Å²) in [6.07, 6.45) is -0.703. The third kappa shape index (κ3) is 2.51. The molecule has 0 fully saturated rings. The van der Waals surface area contributed by atoms with Crippen LogP contribution in [0.2, 0.25) is 0 Å². The fourth-order valence-electron chi connectivity index (χ4n) is 1.81. The van der Waals surface area contributed by atoms with Crippen molar-refractivity contribution in [2.24, 2.45) is 0 Å². The van der Waals surface area contributed by atoms with E-state index in [0.29, 0.717) is 5.69 Å². The summed E-state index contributed by atoms with van der Waals surface area (Å²) < 4.78 is 0.882. The summed E-state index contributed by atoms with van der Waals surface area (Å²) in [6.45, 7) is 1.98. The highest BCUT2D eigenvalue weighted by atomic mass is 79.9. The maximum atomic E-state index is 10.3. The van der Waals surface area contributed by atoms with Crippen molar-refractivity contribution in [1.82, 2.24) is 0 Å². The van der Waals surface area contributed by atoms with E-state index >= 15 is 0 Å². The van der Waals surface area contributed by atoms with Crippen molar-refractivity contribution < 1.29 is 5.11 Å². The summed E-state index contributed by atoms with van der Waals surface area (Å²) in [5.74, 6) is 0. The van der Waals surface area contributed by atoms with Gasteiger partial charge in [0.1, 0.15) is 6.10 Å². The molecule has 2 aromatic carbocycles. The molecular formula is C14H14BrNO. The second-order valence-electron chi connectivity index (χ2n) is 4.06. The Bertz CT molecular complexity index is 539. The van der Waals surface area contributed by atoms with Crippen LogP contribution in [0.5, 0.6) is 0 Å². The third-order valence-electron chi connectivity index (χ3n) is 2.74. The number of hydrogen-bond acceptors (Lipinski definition) is 2. The molecule has 1 unspecified atom stereocenters. The quantitative estimate of drug-likeness (QED) is 0.833. The van der Waals surface area contributed by atoms with Crippen LogP contribution >= 0.6 is 15.9 Å². The van der Waals surface area contributed by atoms with Crippen molar-refractivity contribution in [3.8, 4) is 0 Å². The molecule has 0 heterocycles. The smallest absolute Gasteiger partial charge is 0.107 e. The number of anilines is 1. The lowest BCUT2D eigenvalue weighted by Gasteiger charge is -2.15. The number of aryl methyl sites for hydroxylation is 1. The Morgan fingerprint density at radius 2 is 1.82 bits per heavy atom. The molecule has 3 heteroatoms. The maximum absolute atomic E-state index is 10.3. The minimum Gasteiger partial charge on any atom is -0.398 e. The third-order valence-corrected chi connectivity index (χ3v) is 3.46. The van der Waals surface area contributed by atoms with Crippen molar-refractivity contribution in [3.63, 3.8) is 0 Å². The Morgan fingerprint density at radius 1 is 1.12 bits per heavy atom.